The Morgan fingerprint density at radius 3 is 2.68 bits per heavy atom. The minimum atomic E-state index is -0.810. The van der Waals surface area contributed by atoms with E-state index in [1.54, 1.807) is 0 Å². The lowest BCUT2D eigenvalue weighted by Gasteiger charge is -2.41. The van der Waals surface area contributed by atoms with E-state index in [9.17, 15) is 5.11 Å². The van der Waals surface area contributed by atoms with Crippen LogP contribution in [0.2, 0.25) is 0 Å². The van der Waals surface area contributed by atoms with Gasteiger partial charge in [-0.05, 0) is 37.8 Å². The van der Waals surface area contributed by atoms with Gasteiger partial charge in [0, 0.05) is 19.1 Å². The molecule has 0 aromatic heterocycles. The Kier molecular flexibility index (Phi) is 4.61. The molecule has 0 saturated carbocycles. The molecule has 3 atom stereocenters. The molecule has 0 spiro atoms. The molecule has 106 valence electrons. The second-order valence-corrected chi connectivity index (χ2v) is 6.13. The van der Waals surface area contributed by atoms with Gasteiger partial charge in [-0.15, -0.1) is 0 Å². The Labute approximate surface area is 116 Å². The van der Waals surface area contributed by atoms with Gasteiger partial charge in [-0.3, -0.25) is 4.90 Å². The van der Waals surface area contributed by atoms with Crippen LogP contribution in [0.4, 0.5) is 0 Å². The van der Waals surface area contributed by atoms with E-state index in [0.717, 1.165) is 24.4 Å². The van der Waals surface area contributed by atoms with Crippen LogP contribution in [0.15, 0.2) is 30.3 Å². The Morgan fingerprint density at radius 2 is 2.05 bits per heavy atom. The smallest absolute Gasteiger partial charge is 0.0994 e. The number of nitrogens with two attached hydrogens (primary N) is 1. The molecule has 1 aliphatic rings. The SMILES string of the molecule is CC1CCN(CC(C)(O)c2ccccc2)C(CN)C1. The highest BCUT2D eigenvalue weighted by Gasteiger charge is 2.32. The van der Waals surface area contributed by atoms with Crippen molar-refractivity contribution in [2.24, 2.45) is 11.7 Å². The molecule has 0 amide bonds. The zero-order valence-electron chi connectivity index (χ0n) is 12.0. The summed E-state index contributed by atoms with van der Waals surface area (Å²) in [5.41, 5.74) is 6.06. The van der Waals surface area contributed by atoms with Crippen molar-refractivity contribution in [3.8, 4) is 0 Å². The van der Waals surface area contributed by atoms with Gasteiger partial charge in [-0.25, -0.2) is 0 Å². The van der Waals surface area contributed by atoms with E-state index in [-0.39, 0.29) is 0 Å². The molecular formula is C16H26N2O. The number of benzene rings is 1. The average Bonchev–Trinajstić information content (AvgIpc) is 2.41. The van der Waals surface area contributed by atoms with E-state index >= 15 is 0 Å². The largest absolute Gasteiger partial charge is 0.384 e. The highest BCUT2D eigenvalue weighted by Crippen LogP contribution is 2.27. The standard InChI is InChI=1S/C16H26N2O/c1-13-8-9-18(15(10-13)11-17)12-16(2,19)14-6-4-3-5-7-14/h3-7,13,15,19H,8-12,17H2,1-2H3. The third kappa shape index (κ3) is 3.56. The Bertz CT molecular complexity index is 391. The van der Waals surface area contributed by atoms with Gasteiger partial charge in [-0.1, -0.05) is 37.3 Å². The minimum Gasteiger partial charge on any atom is -0.384 e. The molecule has 1 aromatic rings. The Morgan fingerprint density at radius 1 is 1.37 bits per heavy atom. The van der Waals surface area contributed by atoms with Crippen LogP contribution in [0.25, 0.3) is 0 Å². The van der Waals surface area contributed by atoms with Crippen LogP contribution < -0.4 is 5.73 Å². The van der Waals surface area contributed by atoms with Gasteiger partial charge in [0.25, 0.3) is 0 Å². The molecule has 3 N–H and O–H groups in total. The van der Waals surface area contributed by atoms with Crippen molar-refractivity contribution in [1.29, 1.82) is 0 Å². The summed E-state index contributed by atoms with van der Waals surface area (Å²) in [6.07, 6.45) is 2.34. The summed E-state index contributed by atoms with van der Waals surface area (Å²) in [6, 6.07) is 10.3. The monoisotopic (exact) mass is 262 g/mol. The second kappa shape index (κ2) is 6.04. The van der Waals surface area contributed by atoms with Crippen molar-refractivity contribution >= 4 is 0 Å². The van der Waals surface area contributed by atoms with Gasteiger partial charge < -0.3 is 10.8 Å². The van der Waals surface area contributed by atoms with Gasteiger partial charge in [0.15, 0.2) is 0 Å². The minimum absolute atomic E-state index is 0.402. The summed E-state index contributed by atoms with van der Waals surface area (Å²) in [5.74, 6) is 0.742. The lowest BCUT2D eigenvalue weighted by Crippen LogP contribution is -2.51. The van der Waals surface area contributed by atoms with Crippen LogP contribution >= 0.6 is 0 Å². The first kappa shape index (κ1) is 14.5. The molecule has 0 radical (unpaired) electrons. The number of hydrogen-bond donors (Lipinski definition) is 2. The highest BCUT2D eigenvalue weighted by molar-refractivity contribution is 5.21. The highest BCUT2D eigenvalue weighted by atomic mass is 16.3. The maximum Gasteiger partial charge on any atom is 0.0994 e. The van der Waals surface area contributed by atoms with Crippen LogP contribution in [-0.2, 0) is 5.60 Å². The number of hydrogen-bond acceptors (Lipinski definition) is 3. The summed E-state index contributed by atoms with van der Waals surface area (Å²) >= 11 is 0. The van der Waals surface area contributed by atoms with E-state index in [0.29, 0.717) is 19.1 Å². The summed E-state index contributed by atoms with van der Waals surface area (Å²) in [5, 5.41) is 10.7. The van der Waals surface area contributed by atoms with Crippen molar-refractivity contribution in [3.05, 3.63) is 35.9 Å². The summed E-state index contributed by atoms with van der Waals surface area (Å²) in [7, 11) is 0. The molecule has 1 saturated heterocycles. The molecule has 2 rings (SSSR count). The zero-order chi connectivity index (χ0) is 13.9. The van der Waals surface area contributed by atoms with Crippen LogP contribution in [0.5, 0.6) is 0 Å². The fourth-order valence-electron chi connectivity index (χ4n) is 3.04. The fourth-order valence-corrected chi connectivity index (χ4v) is 3.04. The predicted octanol–water partition coefficient (Wildman–Crippen LogP) is 1.95. The molecular weight excluding hydrogens is 236 g/mol. The van der Waals surface area contributed by atoms with Crippen molar-refractivity contribution in [2.75, 3.05) is 19.6 Å². The topological polar surface area (TPSA) is 49.5 Å². The lowest BCUT2D eigenvalue weighted by molar-refractivity contribution is -0.0118. The molecule has 1 heterocycles. The molecule has 19 heavy (non-hydrogen) atoms. The number of likely N-dealkylation sites (tertiary alicyclic amines) is 1. The first-order valence-corrected chi connectivity index (χ1v) is 7.25. The summed E-state index contributed by atoms with van der Waals surface area (Å²) < 4.78 is 0. The molecule has 0 bridgehead atoms. The number of aliphatic hydroxyl groups is 1. The first-order chi connectivity index (χ1) is 9.03. The second-order valence-electron chi connectivity index (χ2n) is 6.13. The number of nitrogens with zero attached hydrogens (tertiary/aromatic N) is 1. The maximum atomic E-state index is 10.7. The predicted molar refractivity (Wildman–Crippen MR) is 78.8 cm³/mol. The van der Waals surface area contributed by atoms with Crippen molar-refractivity contribution in [1.82, 2.24) is 4.90 Å². The van der Waals surface area contributed by atoms with Gasteiger partial charge in [0.1, 0.15) is 0 Å². The first-order valence-electron chi connectivity index (χ1n) is 7.25. The summed E-state index contributed by atoms with van der Waals surface area (Å²) in [4.78, 5) is 2.35. The molecule has 3 heteroatoms. The molecule has 0 aliphatic carbocycles. The Hall–Kier alpha value is -0.900. The molecule has 1 aliphatic heterocycles. The number of rotatable bonds is 4. The van der Waals surface area contributed by atoms with Crippen LogP contribution in [0, 0.1) is 5.92 Å². The average molecular weight is 262 g/mol. The lowest BCUT2D eigenvalue weighted by atomic mass is 9.89. The fraction of sp³-hybridized carbons (Fsp3) is 0.625. The molecule has 1 aromatic carbocycles. The molecule has 3 nitrogen and oxygen atoms in total. The van der Waals surface area contributed by atoms with E-state index in [2.05, 4.69) is 11.8 Å². The van der Waals surface area contributed by atoms with E-state index < -0.39 is 5.60 Å². The van der Waals surface area contributed by atoms with Gasteiger partial charge >= 0.3 is 0 Å². The van der Waals surface area contributed by atoms with Crippen molar-refractivity contribution in [2.45, 2.75) is 38.3 Å². The number of piperidine rings is 1. The zero-order valence-corrected chi connectivity index (χ0v) is 12.0. The quantitative estimate of drug-likeness (QED) is 0.872. The van der Waals surface area contributed by atoms with Crippen LogP contribution in [0.1, 0.15) is 32.3 Å². The van der Waals surface area contributed by atoms with Crippen molar-refractivity contribution in [3.63, 3.8) is 0 Å². The van der Waals surface area contributed by atoms with Gasteiger partial charge in [0.05, 0.1) is 5.60 Å². The third-order valence-corrected chi connectivity index (χ3v) is 4.28. The molecule has 3 unspecified atom stereocenters. The van der Waals surface area contributed by atoms with Crippen molar-refractivity contribution < 1.29 is 5.11 Å². The third-order valence-electron chi connectivity index (χ3n) is 4.28. The van der Waals surface area contributed by atoms with E-state index in [1.165, 1.54) is 6.42 Å². The van der Waals surface area contributed by atoms with Crippen LogP contribution in [0.3, 0.4) is 0 Å². The maximum absolute atomic E-state index is 10.7. The van der Waals surface area contributed by atoms with Gasteiger partial charge in [-0.2, -0.15) is 0 Å². The summed E-state index contributed by atoms with van der Waals surface area (Å²) in [6.45, 7) is 6.55. The van der Waals surface area contributed by atoms with E-state index in [4.69, 9.17) is 5.73 Å². The normalized spacial score (nSPS) is 28.0. The van der Waals surface area contributed by atoms with Gasteiger partial charge in [0.2, 0.25) is 0 Å². The van der Waals surface area contributed by atoms with Crippen LogP contribution in [-0.4, -0.2) is 35.7 Å². The molecule has 1 fully saturated rings. The number of β-amino-alcohol motifs (C(OH)–C–C–N with tert-alkyl or cyclic N) is 1. The van der Waals surface area contributed by atoms with E-state index in [1.807, 2.05) is 37.3 Å². The Balaban J connectivity index is 2.07.